The van der Waals surface area contributed by atoms with E-state index in [9.17, 15) is 9.90 Å². The van der Waals surface area contributed by atoms with E-state index in [1.165, 1.54) is 0 Å². The van der Waals surface area contributed by atoms with E-state index >= 15 is 0 Å². The number of hydrogen-bond acceptors (Lipinski definition) is 5. The molecule has 0 fully saturated rings. The minimum absolute atomic E-state index is 0.213. The number of aliphatic hydroxyl groups is 1. The second-order valence-electron chi connectivity index (χ2n) is 5.02. The van der Waals surface area contributed by atoms with Crippen LogP contribution in [-0.4, -0.2) is 50.1 Å². The number of nitrogens with one attached hydrogen (secondary N) is 1. The van der Waals surface area contributed by atoms with E-state index in [1.807, 2.05) is 0 Å². The fraction of sp³-hybridized carbons (Fsp3) is 0.929. The van der Waals surface area contributed by atoms with Gasteiger partial charge in [-0.05, 0) is 25.7 Å². The van der Waals surface area contributed by atoms with Crippen LogP contribution >= 0.6 is 0 Å². The fourth-order valence-corrected chi connectivity index (χ4v) is 1.56. The van der Waals surface area contributed by atoms with E-state index in [4.69, 9.17) is 9.47 Å². The number of esters is 1. The van der Waals surface area contributed by atoms with Crippen molar-refractivity contribution in [2.45, 2.75) is 46.1 Å². The Balaban J connectivity index is 3.30. The minimum Gasteiger partial charge on any atom is -0.466 e. The molecule has 0 aromatic heterocycles. The van der Waals surface area contributed by atoms with Gasteiger partial charge in [-0.1, -0.05) is 13.8 Å². The summed E-state index contributed by atoms with van der Waals surface area (Å²) in [5, 5.41) is 12.6. The standard InChI is InChI=1S/C14H29NO4/c1-4-19-14(17)7-8-15-10-13(16)11-18-9-5-6-12(2)3/h12-13,15-16H,4-11H2,1-3H3. The maximum absolute atomic E-state index is 11.0. The third-order valence-electron chi connectivity index (χ3n) is 2.57. The van der Waals surface area contributed by atoms with Crippen LogP contribution in [0.25, 0.3) is 0 Å². The Morgan fingerprint density at radius 3 is 2.74 bits per heavy atom. The van der Waals surface area contributed by atoms with Gasteiger partial charge in [0.05, 0.1) is 25.7 Å². The van der Waals surface area contributed by atoms with Gasteiger partial charge in [0.15, 0.2) is 0 Å². The summed E-state index contributed by atoms with van der Waals surface area (Å²) in [6.07, 6.45) is 1.98. The molecule has 5 nitrogen and oxygen atoms in total. The first-order chi connectivity index (χ1) is 9.06. The van der Waals surface area contributed by atoms with Gasteiger partial charge in [0.1, 0.15) is 0 Å². The Hall–Kier alpha value is -0.650. The van der Waals surface area contributed by atoms with Gasteiger partial charge < -0.3 is 19.9 Å². The van der Waals surface area contributed by atoms with Crippen molar-refractivity contribution in [2.75, 3.05) is 32.9 Å². The number of aliphatic hydroxyl groups excluding tert-OH is 1. The van der Waals surface area contributed by atoms with Crippen molar-refractivity contribution >= 4 is 5.97 Å². The van der Waals surface area contributed by atoms with Gasteiger partial charge in [-0.2, -0.15) is 0 Å². The average molecular weight is 275 g/mol. The SMILES string of the molecule is CCOC(=O)CCNCC(O)COCCCC(C)C. The van der Waals surface area contributed by atoms with Gasteiger partial charge in [-0.15, -0.1) is 0 Å². The molecule has 0 aliphatic rings. The van der Waals surface area contributed by atoms with Crippen LogP contribution in [0, 0.1) is 5.92 Å². The molecule has 2 N–H and O–H groups in total. The van der Waals surface area contributed by atoms with E-state index in [1.54, 1.807) is 6.92 Å². The normalized spacial score (nSPS) is 12.7. The lowest BCUT2D eigenvalue weighted by Crippen LogP contribution is -2.32. The molecule has 0 aliphatic carbocycles. The summed E-state index contributed by atoms with van der Waals surface area (Å²) >= 11 is 0. The first-order valence-electron chi connectivity index (χ1n) is 7.18. The van der Waals surface area contributed by atoms with Crippen molar-refractivity contribution in [2.24, 2.45) is 5.92 Å². The molecule has 5 heteroatoms. The lowest BCUT2D eigenvalue weighted by Gasteiger charge is -2.12. The summed E-state index contributed by atoms with van der Waals surface area (Å²) in [5.41, 5.74) is 0. The molecule has 0 rings (SSSR count). The Morgan fingerprint density at radius 2 is 2.11 bits per heavy atom. The largest absolute Gasteiger partial charge is 0.466 e. The highest BCUT2D eigenvalue weighted by Crippen LogP contribution is 2.03. The maximum atomic E-state index is 11.0. The number of rotatable bonds is 12. The fourth-order valence-electron chi connectivity index (χ4n) is 1.56. The summed E-state index contributed by atoms with van der Waals surface area (Å²) in [4.78, 5) is 11.0. The molecule has 0 bridgehead atoms. The van der Waals surface area contributed by atoms with Crippen molar-refractivity contribution in [3.63, 3.8) is 0 Å². The molecule has 19 heavy (non-hydrogen) atoms. The summed E-state index contributed by atoms with van der Waals surface area (Å²) < 4.78 is 10.2. The highest BCUT2D eigenvalue weighted by atomic mass is 16.5. The average Bonchev–Trinajstić information content (AvgIpc) is 2.34. The molecule has 0 amide bonds. The van der Waals surface area contributed by atoms with E-state index in [-0.39, 0.29) is 5.97 Å². The van der Waals surface area contributed by atoms with Crippen LogP contribution in [0.3, 0.4) is 0 Å². The Morgan fingerprint density at radius 1 is 1.37 bits per heavy atom. The minimum atomic E-state index is -0.527. The Bertz CT molecular complexity index is 221. The zero-order chi connectivity index (χ0) is 14.5. The molecule has 114 valence electrons. The van der Waals surface area contributed by atoms with Gasteiger partial charge in [-0.25, -0.2) is 0 Å². The summed E-state index contributed by atoms with van der Waals surface area (Å²) in [5.74, 6) is 0.479. The van der Waals surface area contributed by atoms with Crippen LogP contribution in [0.5, 0.6) is 0 Å². The van der Waals surface area contributed by atoms with Gasteiger partial charge in [0, 0.05) is 19.7 Å². The maximum Gasteiger partial charge on any atom is 0.307 e. The van der Waals surface area contributed by atoms with Crippen LogP contribution in [0.2, 0.25) is 0 Å². The Labute approximate surface area is 116 Å². The lowest BCUT2D eigenvalue weighted by molar-refractivity contribution is -0.143. The van der Waals surface area contributed by atoms with Gasteiger partial charge in [0.2, 0.25) is 0 Å². The van der Waals surface area contributed by atoms with Crippen LogP contribution in [-0.2, 0) is 14.3 Å². The molecule has 0 aromatic carbocycles. The van der Waals surface area contributed by atoms with E-state index < -0.39 is 6.10 Å². The first kappa shape index (κ1) is 18.4. The van der Waals surface area contributed by atoms with Crippen molar-refractivity contribution in [3.05, 3.63) is 0 Å². The van der Waals surface area contributed by atoms with E-state index in [2.05, 4.69) is 19.2 Å². The van der Waals surface area contributed by atoms with Gasteiger partial charge >= 0.3 is 5.97 Å². The molecular formula is C14H29NO4. The topological polar surface area (TPSA) is 67.8 Å². The predicted octanol–water partition coefficient (Wildman–Crippen LogP) is 1.34. The summed E-state index contributed by atoms with van der Waals surface area (Å²) in [6, 6.07) is 0. The molecule has 1 unspecified atom stereocenters. The second-order valence-corrected chi connectivity index (χ2v) is 5.02. The second kappa shape index (κ2) is 12.4. The summed E-state index contributed by atoms with van der Waals surface area (Å²) in [7, 11) is 0. The molecule has 0 spiro atoms. The van der Waals surface area contributed by atoms with Crippen molar-refractivity contribution in [1.29, 1.82) is 0 Å². The molecule has 0 saturated heterocycles. The molecule has 0 heterocycles. The molecule has 0 saturated carbocycles. The predicted molar refractivity (Wildman–Crippen MR) is 75.0 cm³/mol. The smallest absolute Gasteiger partial charge is 0.307 e. The number of hydrogen-bond donors (Lipinski definition) is 2. The highest BCUT2D eigenvalue weighted by Gasteiger charge is 2.05. The monoisotopic (exact) mass is 275 g/mol. The zero-order valence-electron chi connectivity index (χ0n) is 12.5. The lowest BCUT2D eigenvalue weighted by atomic mass is 10.1. The highest BCUT2D eigenvalue weighted by molar-refractivity contribution is 5.69. The number of carbonyl (C=O) groups is 1. The van der Waals surface area contributed by atoms with Crippen LogP contribution in [0.4, 0.5) is 0 Å². The number of carbonyl (C=O) groups excluding carboxylic acids is 1. The molecule has 1 atom stereocenters. The zero-order valence-corrected chi connectivity index (χ0v) is 12.5. The van der Waals surface area contributed by atoms with Crippen LogP contribution < -0.4 is 5.32 Å². The van der Waals surface area contributed by atoms with E-state index in [0.29, 0.717) is 45.2 Å². The quantitative estimate of drug-likeness (QED) is 0.415. The molecule has 0 radical (unpaired) electrons. The van der Waals surface area contributed by atoms with Gasteiger partial charge in [-0.3, -0.25) is 4.79 Å². The van der Waals surface area contributed by atoms with Crippen molar-refractivity contribution in [3.8, 4) is 0 Å². The Kier molecular flexibility index (Phi) is 12.0. The van der Waals surface area contributed by atoms with Crippen molar-refractivity contribution in [1.82, 2.24) is 5.32 Å². The molecular weight excluding hydrogens is 246 g/mol. The first-order valence-corrected chi connectivity index (χ1v) is 7.18. The molecule has 0 aliphatic heterocycles. The number of ether oxygens (including phenoxy) is 2. The third-order valence-corrected chi connectivity index (χ3v) is 2.57. The van der Waals surface area contributed by atoms with Crippen molar-refractivity contribution < 1.29 is 19.4 Å². The molecule has 0 aromatic rings. The van der Waals surface area contributed by atoms with Crippen LogP contribution in [0.15, 0.2) is 0 Å². The van der Waals surface area contributed by atoms with Crippen LogP contribution in [0.1, 0.15) is 40.0 Å². The summed E-state index contributed by atoms with van der Waals surface area (Å²) in [6.45, 7) is 8.54. The van der Waals surface area contributed by atoms with Gasteiger partial charge in [0.25, 0.3) is 0 Å². The third kappa shape index (κ3) is 13.6. The van der Waals surface area contributed by atoms with E-state index in [0.717, 1.165) is 12.8 Å².